The number of rotatable bonds is 5. The van der Waals surface area contributed by atoms with Gasteiger partial charge in [-0.2, -0.15) is 0 Å². The Morgan fingerprint density at radius 3 is 2.83 bits per heavy atom. The maximum Gasteiger partial charge on any atom is 0.316 e. The Labute approximate surface area is 149 Å². The molecule has 1 aliphatic heterocycles. The lowest BCUT2D eigenvalue weighted by molar-refractivity contribution is -0.132. The Bertz CT molecular complexity index is 715. The van der Waals surface area contributed by atoms with Crippen molar-refractivity contribution in [2.75, 3.05) is 19.7 Å². The van der Waals surface area contributed by atoms with Gasteiger partial charge in [0.05, 0.1) is 11.6 Å². The van der Waals surface area contributed by atoms with E-state index in [1.54, 1.807) is 41.6 Å². The van der Waals surface area contributed by atoms with Gasteiger partial charge in [0.15, 0.2) is 6.61 Å². The van der Waals surface area contributed by atoms with Crippen molar-refractivity contribution >= 4 is 29.1 Å². The first-order valence-corrected chi connectivity index (χ1v) is 8.17. The second-order valence-electron chi connectivity index (χ2n) is 5.26. The Morgan fingerprint density at radius 1 is 1.29 bits per heavy atom. The predicted octanol–water partition coefficient (Wildman–Crippen LogP) is 2.84. The van der Waals surface area contributed by atoms with E-state index in [4.69, 9.17) is 32.7 Å². The summed E-state index contributed by atoms with van der Waals surface area (Å²) in [7, 11) is 0. The van der Waals surface area contributed by atoms with E-state index in [1.807, 2.05) is 0 Å². The molecular weight excluding hydrogens is 353 g/mol. The van der Waals surface area contributed by atoms with Crippen LogP contribution in [-0.4, -0.2) is 46.6 Å². The van der Waals surface area contributed by atoms with E-state index >= 15 is 0 Å². The van der Waals surface area contributed by atoms with Crippen LogP contribution in [0.4, 0.5) is 0 Å². The molecule has 0 saturated carbocycles. The smallest absolute Gasteiger partial charge is 0.316 e. The first-order valence-electron chi connectivity index (χ1n) is 7.41. The summed E-state index contributed by atoms with van der Waals surface area (Å²) in [5, 5.41) is 0.889. The molecule has 1 aromatic heterocycles. The number of amides is 1. The Hall–Kier alpha value is -2.05. The van der Waals surface area contributed by atoms with Crippen molar-refractivity contribution in [3.8, 4) is 11.8 Å². The molecule has 126 valence electrons. The first kappa shape index (κ1) is 16.8. The highest BCUT2D eigenvalue weighted by atomic mass is 35.5. The third-order valence-electron chi connectivity index (χ3n) is 3.56. The molecule has 0 bridgehead atoms. The van der Waals surface area contributed by atoms with E-state index in [9.17, 15) is 4.79 Å². The minimum atomic E-state index is -0.124. The number of nitrogens with zero attached hydrogens (tertiary/aromatic N) is 3. The zero-order chi connectivity index (χ0) is 16.9. The Balaban J connectivity index is 1.49. The summed E-state index contributed by atoms with van der Waals surface area (Å²) in [4.78, 5) is 22.0. The van der Waals surface area contributed by atoms with Crippen molar-refractivity contribution in [2.45, 2.75) is 12.5 Å². The van der Waals surface area contributed by atoms with Crippen LogP contribution >= 0.6 is 23.2 Å². The highest BCUT2D eigenvalue weighted by Crippen LogP contribution is 2.27. The van der Waals surface area contributed by atoms with Crippen LogP contribution in [0.25, 0.3) is 0 Å². The first-order chi connectivity index (χ1) is 11.6. The van der Waals surface area contributed by atoms with Gasteiger partial charge >= 0.3 is 6.01 Å². The minimum absolute atomic E-state index is 0.0874. The lowest BCUT2D eigenvalue weighted by Crippen LogP contribution is -2.34. The molecule has 2 heterocycles. The van der Waals surface area contributed by atoms with Crippen LogP contribution in [0.3, 0.4) is 0 Å². The molecule has 0 aliphatic carbocycles. The third kappa shape index (κ3) is 4.27. The summed E-state index contributed by atoms with van der Waals surface area (Å²) < 4.78 is 11.1. The standard InChI is InChI=1S/C16H15Cl2N3O3/c17-11-2-3-14(13(18)8-11)23-10-15(22)21-7-4-12(9-21)24-16-19-5-1-6-20-16/h1-3,5-6,8,12H,4,7,9-10H2/t12-/m1/s1. The van der Waals surface area contributed by atoms with Crippen LogP contribution in [0.2, 0.25) is 10.0 Å². The molecular formula is C16H15Cl2N3O3. The van der Waals surface area contributed by atoms with Gasteiger partial charge in [0.25, 0.3) is 5.91 Å². The number of carbonyl (C=O) groups excluding carboxylic acids is 1. The molecule has 1 atom stereocenters. The molecule has 1 aliphatic rings. The molecule has 24 heavy (non-hydrogen) atoms. The maximum absolute atomic E-state index is 12.2. The molecule has 1 fully saturated rings. The summed E-state index contributed by atoms with van der Waals surface area (Å²) in [6, 6.07) is 6.91. The molecule has 0 spiro atoms. The van der Waals surface area contributed by atoms with Crippen molar-refractivity contribution in [1.82, 2.24) is 14.9 Å². The van der Waals surface area contributed by atoms with Gasteiger partial charge in [-0.1, -0.05) is 23.2 Å². The Morgan fingerprint density at radius 2 is 2.08 bits per heavy atom. The van der Waals surface area contributed by atoms with E-state index in [-0.39, 0.29) is 18.6 Å². The molecule has 1 aromatic carbocycles. The molecule has 3 rings (SSSR count). The van der Waals surface area contributed by atoms with Gasteiger partial charge in [-0.3, -0.25) is 4.79 Å². The maximum atomic E-state index is 12.2. The predicted molar refractivity (Wildman–Crippen MR) is 89.6 cm³/mol. The minimum Gasteiger partial charge on any atom is -0.482 e. The molecule has 1 saturated heterocycles. The van der Waals surface area contributed by atoms with E-state index in [0.29, 0.717) is 34.9 Å². The number of hydrogen-bond acceptors (Lipinski definition) is 5. The number of carbonyl (C=O) groups is 1. The molecule has 1 amide bonds. The zero-order valence-electron chi connectivity index (χ0n) is 12.7. The van der Waals surface area contributed by atoms with Crippen LogP contribution in [0.15, 0.2) is 36.7 Å². The van der Waals surface area contributed by atoms with E-state index in [2.05, 4.69) is 9.97 Å². The fourth-order valence-corrected chi connectivity index (χ4v) is 2.83. The number of benzene rings is 1. The van der Waals surface area contributed by atoms with Crippen molar-refractivity contribution in [3.63, 3.8) is 0 Å². The van der Waals surface area contributed by atoms with Gasteiger partial charge in [0.1, 0.15) is 11.9 Å². The summed E-state index contributed by atoms with van der Waals surface area (Å²) in [5.74, 6) is 0.306. The summed E-state index contributed by atoms with van der Waals surface area (Å²) in [6.07, 6.45) is 3.84. The lowest BCUT2D eigenvalue weighted by atomic mass is 10.3. The third-order valence-corrected chi connectivity index (χ3v) is 4.09. The fraction of sp³-hybridized carbons (Fsp3) is 0.312. The van der Waals surface area contributed by atoms with Crippen LogP contribution in [0, 0.1) is 0 Å². The van der Waals surface area contributed by atoms with Gasteiger partial charge in [0, 0.05) is 30.4 Å². The monoisotopic (exact) mass is 367 g/mol. The number of halogens is 2. The fourth-order valence-electron chi connectivity index (χ4n) is 2.37. The summed E-state index contributed by atoms with van der Waals surface area (Å²) in [6.45, 7) is 0.999. The van der Waals surface area contributed by atoms with Crippen LogP contribution in [0.5, 0.6) is 11.8 Å². The molecule has 8 heteroatoms. The largest absolute Gasteiger partial charge is 0.482 e. The molecule has 6 nitrogen and oxygen atoms in total. The van der Waals surface area contributed by atoms with Crippen molar-refractivity contribution in [3.05, 3.63) is 46.7 Å². The quantitative estimate of drug-likeness (QED) is 0.812. The number of ether oxygens (including phenoxy) is 2. The van der Waals surface area contributed by atoms with Crippen molar-refractivity contribution < 1.29 is 14.3 Å². The van der Waals surface area contributed by atoms with Crippen LogP contribution in [-0.2, 0) is 4.79 Å². The van der Waals surface area contributed by atoms with Gasteiger partial charge in [-0.05, 0) is 24.3 Å². The molecule has 0 unspecified atom stereocenters. The van der Waals surface area contributed by atoms with Gasteiger partial charge in [-0.25, -0.2) is 9.97 Å². The molecule has 0 N–H and O–H groups in total. The molecule has 0 radical (unpaired) electrons. The number of aromatic nitrogens is 2. The van der Waals surface area contributed by atoms with Crippen molar-refractivity contribution in [1.29, 1.82) is 0 Å². The average Bonchev–Trinajstić information content (AvgIpc) is 3.03. The second-order valence-corrected chi connectivity index (χ2v) is 6.11. The van der Waals surface area contributed by atoms with E-state index < -0.39 is 0 Å². The molecule has 2 aromatic rings. The van der Waals surface area contributed by atoms with E-state index in [0.717, 1.165) is 6.42 Å². The number of likely N-dealkylation sites (tertiary alicyclic amines) is 1. The number of hydrogen-bond donors (Lipinski definition) is 0. The van der Waals surface area contributed by atoms with Gasteiger partial charge in [-0.15, -0.1) is 0 Å². The lowest BCUT2D eigenvalue weighted by Gasteiger charge is -2.17. The van der Waals surface area contributed by atoms with Crippen LogP contribution in [0.1, 0.15) is 6.42 Å². The topological polar surface area (TPSA) is 64.5 Å². The van der Waals surface area contributed by atoms with Crippen molar-refractivity contribution in [2.24, 2.45) is 0 Å². The SMILES string of the molecule is O=C(COc1ccc(Cl)cc1Cl)N1CC[C@@H](Oc2ncccn2)C1. The normalized spacial score (nSPS) is 16.9. The van der Waals surface area contributed by atoms with Gasteiger partial charge in [0.2, 0.25) is 0 Å². The van der Waals surface area contributed by atoms with Crippen LogP contribution < -0.4 is 9.47 Å². The second kappa shape index (κ2) is 7.68. The summed E-state index contributed by atoms with van der Waals surface area (Å²) in [5.41, 5.74) is 0. The highest BCUT2D eigenvalue weighted by Gasteiger charge is 2.28. The summed E-state index contributed by atoms with van der Waals surface area (Å²) >= 11 is 11.8. The van der Waals surface area contributed by atoms with E-state index in [1.165, 1.54) is 0 Å². The average molecular weight is 368 g/mol. The van der Waals surface area contributed by atoms with Gasteiger partial charge < -0.3 is 14.4 Å². The highest BCUT2D eigenvalue weighted by molar-refractivity contribution is 6.35. The Kier molecular flexibility index (Phi) is 5.37. The zero-order valence-corrected chi connectivity index (χ0v) is 14.2.